The summed E-state index contributed by atoms with van der Waals surface area (Å²) in [7, 11) is 0. The van der Waals surface area contributed by atoms with Crippen LogP contribution in [0.15, 0.2) is 36.7 Å². The number of thiazole rings is 1. The summed E-state index contributed by atoms with van der Waals surface area (Å²) in [5.41, 5.74) is 3.33. The topological polar surface area (TPSA) is 73.4 Å². The normalized spacial score (nSPS) is 14.4. The summed E-state index contributed by atoms with van der Waals surface area (Å²) in [5, 5.41) is 10.5. The Labute approximate surface area is 214 Å². The average molecular weight is 504 g/mol. The smallest absolute Gasteiger partial charge is 0.235 e. The van der Waals surface area contributed by atoms with E-state index >= 15 is 0 Å². The molecule has 1 aliphatic heterocycles. The molecular formula is C27H30FN7S. The van der Waals surface area contributed by atoms with E-state index in [1.165, 1.54) is 55.6 Å². The summed E-state index contributed by atoms with van der Waals surface area (Å²) in [4.78, 5) is 19.4. The molecule has 7 nitrogen and oxygen atoms in total. The molecule has 0 bridgehead atoms. The van der Waals surface area contributed by atoms with Gasteiger partial charge >= 0.3 is 0 Å². The first kappa shape index (κ1) is 24.2. The zero-order valence-electron chi connectivity index (χ0n) is 20.7. The van der Waals surface area contributed by atoms with Crippen LogP contribution in [-0.2, 0) is 6.42 Å². The molecular weight excluding hydrogens is 473 g/mol. The highest BCUT2D eigenvalue weighted by molar-refractivity contribution is 7.16. The lowest BCUT2D eigenvalue weighted by Gasteiger charge is -2.27. The molecule has 0 atom stereocenters. The van der Waals surface area contributed by atoms with Crippen molar-refractivity contribution in [3.05, 3.63) is 53.0 Å². The van der Waals surface area contributed by atoms with E-state index in [1.807, 2.05) is 6.20 Å². The molecule has 1 aromatic carbocycles. The highest BCUT2D eigenvalue weighted by atomic mass is 32.1. The van der Waals surface area contributed by atoms with Gasteiger partial charge in [0, 0.05) is 31.4 Å². The van der Waals surface area contributed by atoms with E-state index in [2.05, 4.69) is 40.3 Å². The van der Waals surface area contributed by atoms with E-state index < -0.39 is 0 Å². The van der Waals surface area contributed by atoms with E-state index in [0.29, 0.717) is 28.0 Å². The standard InChI is InChI=1S/C27H30FN7S/c1-3-22-25(35-18-21(17-30-26(35)31-22)33-14-8-6-5-7-9-15-33)34(4-2)27-32-24(23(16-29)36-27)19-10-12-20(28)13-11-19/h10-13,17-18H,3-9,14-15H2,1-2H3. The van der Waals surface area contributed by atoms with Gasteiger partial charge in [0.05, 0.1) is 17.6 Å². The summed E-state index contributed by atoms with van der Waals surface area (Å²) >= 11 is 1.34. The Hall–Kier alpha value is -3.51. The molecule has 1 aliphatic rings. The number of aromatic nitrogens is 4. The van der Waals surface area contributed by atoms with Gasteiger partial charge in [0.25, 0.3) is 0 Å². The predicted octanol–water partition coefficient (Wildman–Crippen LogP) is 6.35. The number of nitriles is 1. The average Bonchev–Trinajstić information content (AvgIpc) is 3.46. The molecule has 4 heterocycles. The fourth-order valence-corrected chi connectivity index (χ4v) is 5.78. The van der Waals surface area contributed by atoms with E-state index in [-0.39, 0.29) is 5.82 Å². The molecule has 1 saturated heterocycles. The monoisotopic (exact) mass is 503 g/mol. The molecule has 0 unspecified atom stereocenters. The van der Waals surface area contributed by atoms with Gasteiger partial charge in [-0.25, -0.2) is 19.3 Å². The second-order valence-corrected chi connectivity index (χ2v) is 9.99. The lowest BCUT2D eigenvalue weighted by molar-refractivity contribution is 0.555. The number of benzene rings is 1. The number of halogens is 1. The van der Waals surface area contributed by atoms with Crippen LogP contribution in [0.4, 0.5) is 21.0 Å². The SMILES string of the molecule is CCc1nc2ncc(N3CCCCCCC3)cn2c1N(CC)c1nc(-c2ccc(F)cc2)c(C#N)s1. The Morgan fingerprint density at radius 3 is 2.44 bits per heavy atom. The molecule has 0 N–H and O–H groups in total. The van der Waals surface area contributed by atoms with Crippen LogP contribution in [0, 0.1) is 17.1 Å². The van der Waals surface area contributed by atoms with Gasteiger partial charge in [0.15, 0.2) is 5.13 Å². The minimum absolute atomic E-state index is 0.315. The fraction of sp³-hybridized carbons (Fsp3) is 0.407. The van der Waals surface area contributed by atoms with Crippen molar-refractivity contribution in [1.82, 2.24) is 19.4 Å². The van der Waals surface area contributed by atoms with Crippen molar-refractivity contribution in [1.29, 1.82) is 5.26 Å². The quantitative estimate of drug-likeness (QED) is 0.305. The molecule has 9 heteroatoms. The van der Waals surface area contributed by atoms with E-state index in [0.717, 1.165) is 42.3 Å². The molecule has 3 aromatic heterocycles. The molecule has 186 valence electrons. The van der Waals surface area contributed by atoms with Gasteiger partial charge < -0.3 is 9.80 Å². The van der Waals surface area contributed by atoms with Crippen LogP contribution >= 0.6 is 11.3 Å². The Bertz CT molecular complexity index is 1380. The molecule has 1 fully saturated rings. The molecule has 0 aliphatic carbocycles. The van der Waals surface area contributed by atoms with Gasteiger partial charge in [0.2, 0.25) is 5.78 Å². The van der Waals surface area contributed by atoms with Crippen LogP contribution in [0.5, 0.6) is 0 Å². The van der Waals surface area contributed by atoms with Gasteiger partial charge in [-0.2, -0.15) is 5.26 Å². The summed E-state index contributed by atoms with van der Waals surface area (Å²) < 4.78 is 15.6. The zero-order chi connectivity index (χ0) is 25.1. The first-order valence-corrected chi connectivity index (χ1v) is 13.5. The van der Waals surface area contributed by atoms with Gasteiger partial charge in [-0.05, 0) is 50.5 Å². The second-order valence-electron chi connectivity index (χ2n) is 9.01. The number of imidazole rings is 1. The molecule has 5 rings (SSSR count). The van der Waals surface area contributed by atoms with Crippen LogP contribution in [0.2, 0.25) is 0 Å². The van der Waals surface area contributed by atoms with Crippen molar-refractivity contribution in [3.8, 4) is 17.3 Å². The molecule has 0 amide bonds. The van der Waals surface area contributed by atoms with Crippen molar-refractivity contribution in [2.45, 2.75) is 52.4 Å². The number of hydrogen-bond acceptors (Lipinski definition) is 7. The summed E-state index contributed by atoms with van der Waals surface area (Å²) in [5.74, 6) is 1.27. The second kappa shape index (κ2) is 10.6. The largest absolute Gasteiger partial charge is 0.369 e. The molecule has 0 spiro atoms. The van der Waals surface area contributed by atoms with Crippen LogP contribution in [0.3, 0.4) is 0 Å². The van der Waals surface area contributed by atoms with Gasteiger partial charge in [-0.1, -0.05) is 37.5 Å². The molecule has 0 radical (unpaired) electrons. The highest BCUT2D eigenvalue weighted by Gasteiger charge is 2.24. The molecule has 4 aromatic rings. The molecule has 0 saturated carbocycles. The summed E-state index contributed by atoms with van der Waals surface area (Å²) in [6.07, 6.45) is 11.1. The van der Waals surface area contributed by atoms with Crippen LogP contribution in [0.1, 0.15) is 56.5 Å². The lowest BCUT2D eigenvalue weighted by atomic mass is 10.1. The van der Waals surface area contributed by atoms with Crippen molar-refractivity contribution in [2.24, 2.45) is 0 Å². The van der Waals surface area contributed by atoms with Crippen molar-refractivity contribution in [3.63, 3.8) is 0 Å². The predicted molar refractivity (Wildman–Crippen MR) is 143 cm³/mol. The third-order valence-corrected chi connectivity index (χ3v) is 7.69. The van der Waals surface area contributed by atoms with E-state index in [1.54, 1.807) is 12.1 Å². The van der Waals surface area contributed by atoms with Crippen molar-refractivity contribution < 1.29 is 4.39 Å². The van der Waals surface area contributed by atoms with E-state index in [4.69, 9.17) is 15.0 Å². The first-order valence-electron chi connectivity index (χ1n) is 12.7. The first-order chi connectivity index (χ1) is 17.6. The van der Waals surface area contributed by atoms with Crippen molar-refractivity contribution >= 4 is 33.8 Å². The maximum absolute atomic E-state index is 13.5. The van der Waals surface area contributed by atoms with Crippen LogP contribution in [-0.4, -0.2) is 39.0 Å². The number of hydrogen-bond donors (Lipinski definition) is 0. The van der Waals surface area contributed by atoms with Crippen LogP contribution < -0.4 is 9.80 Å². The molecule has 36 heavy (non-hydrogen) atoms. The third kappa shape index (κ3) is 4.65. The van der Waals surface area contributed by atoms with Gasteiger partial charge in [-0.15, -0.1) is 0 Å². The Morgan fingerprint density at radius 2 is 1.78 bits per heavy atom. The summed E-state index contributed by atoms with van der Waals surface area (Å²) in [6, 6.07) is 8.39. The van der Waals surface area contributed by atoms with E-state index in [9.17, 15) is 9.65 Å². The Morgan fingerprint density at radius 1 is 1.06 bits per heavy atom. The number of aryl methyl sites for hydroxylation is 1. The minimum atomic E-state index is -0.315. The number of anilines is 3. The van der Waals surface area contributed by atoms with Crippen LogP contribution in [0.25, 0.3) is 17.0 Å². The maximum Gasteiger partial charge on any atom is 0.235 e. The zero-order valence-corrected chi connectivity index (χ0v) is 21.6. The fourth-order valence-electron chi connectivity index (χ4n) is 4.83. The number of rotatable bonds is 6. The third-order valence-electron chi connectivity index (χ3n) is 6.70. The van der Waals surface area contributed by atoms with Gasteiger partial charge in [0.1, 0.15) is 28.3 Å². The highest BCUT2D eigenvalue weighted by Crippen LogP contribution is 2.37. The maximum atomic E-state index is 13.5. The number of nitrogens with zero attached hydrogens (tertiary/aromatic N) is 7. The lowest BCUT2D eigenvalue weighted by Crippen LogP contribution is -2.27. The Kier molecular flexibility index (Phi) is 7.14. The number of fused-ring (bicyclic) bond motifs is 1. The van der Waals surface area contributed by atoms with Gasteiger partial charge in [-0.3, -0.25) is 4.40 Å². The van der Waals surface area contributed by atoms with Crippen molar-refractivity contribution in [2.75, 3.05) is 29.4 Å². The minimum Gasteiger partial charge on any atom is -0.369 e. The summed E-state index contributed by atoms with van der Waals surface area (Å²) in [6.45, 7) is 6.88. The Balaban J connectivity index is 1.58.